The van der Waals surface area contributed by atoms with Crippen LogP contribution >= 0.6 is 11.3 Å². The second kappa shape index (κ2) is 8.93. The second-order valence-corrected chi connectivity index (χ2v) is 8.44. The number of carbonyl (C=O) groups excluding carboxylic acids is 2. The van der Waals surface area contributed by atoms with E-state index in [9.17, 15) is 9.59 Å². The van der Waals surface area contributed by atoms with Gasteiger partial charge in [-0.1, -0.05) is 31.3 Å². The van der Waals surface area contributed by atoms with Crippen molar-refractivity contribution in [1.82, 2.24) is 4.57 Å². The van der Waals surface area contributed by atoms with E-state index in [1.807, 2.05) is 12.1 Å². The minimum absolute atomic E-state index is 0.0118. The van der Waals surface area contributed by atoms with Gasteiger partial charge in [-0.15, -0.1) is 0 Å². The van der Waals surface area contributed by atoms with E-state index in [-0.39, 0.29) is 12.5 Å². The number of rotatable bonds is 5. The van der Waals surface area contributed by atoms with Crippen LogP contribution in [0.2, 0.25) is 0 Å². The zero-order valence-electron chi connectivity index (χ0n) is 17.7. The quantitative estimate of drug-likeness (QED) is 0.562. The molecule has 1 aliphatic rings. The molecule has 1 aromatic heterocycles. The number of fused-ring (bicyclic) bond motifs is 2. The van der Waals surface area contributed by atoms with Gasteiger partial charge in [-0.2, -0.15) is 4.99 Å². The Hall–Kier alpha value is -3.13. The fourth-order valence-electron chi connectivity index (χ4n) is 3.35. The molecule has 2 heterocycles. The molecule has 0 saturated carbocycles. The number of carbonyl (C=O) groups is 2. The van der Waals surface area contributed by atoms with E-state index in [1.54, 1.807) is 29.7 Å². The first kappa shape index (κ1) is 21.1. The predicted molar refractivity (Wildman–Crippen MR) is 118 cm³/mol. The summed E-state index contributed by atoms with van der Waals surface area (Å²) in [4.78, 5) is 29.9. The summed E-state index contributed by atoms with van der Waals surface area (Å²) in [7, 11) is 0. The van der Waals surface area contributed by atoms with Gasteiger partial charge < -0.3 is 18.8 Å². The Labute approximate surface area is 183 Å². The molecule has 7 nitrogen and oxygen atoms in total. The first-order valence-electron chi connectivity index (χ1n) is 10.2. The lowest BCUT2D eigenvalue weighted by atomic mass is 10.0. The van der Waals surface area contributed by atoms with Crippen LogP contribution in [0.3, 0.4) is 0 Å². The molecule has 0 fully saturated rings. The van der Waals surface area contributed by atoms with Crippen LogP contribution in [0.15, 0.2) is 41.4 Å². The molecule has 0 atom stereocenters. The number of amides is 1. The van der Waals surface area contributed by atoms with Gasteiger partial charge in [0.1, 0.15) is 19.8 Å². The number of hydrogen-bond donors (Lipinski definition) is 0. The van der Waals surface area contributed by atoms with E-state index < -0.39 is 5.91 Å². The van der Waals surface area contributed by atoms with Crippen LogP contribution in [-0.2, 0) is 16.1 Å². The summed E-state index contributed by atoms with van der Waals surface area (Å²) in [5, 5.41) is 0. The Kier molecular flexibility index (Phi) is 6.08. The number of ether oxygens (including phenoxy) is 3. The van der Waals surface area contributed by atoms with Gasteiger partial charge in [0.25, 0.3) is 5.91 Å². The molecule has 8 heteroatoms. The van der Waals surface area contributed by atoms with Crippen molar-refractivity contribution in [3.05, 3.63) is 52.3 Å². The van der Waals surface area contributed by atoms with Gasteiger partial charge in [0.2, 0.25) is 0 Å². The lowest BCUT2D eigenvalue weighted by Gasteiger charge is -2.18. The third-order valence-electron chi connectivity index (χ3n) is 4.95. The third-order valence-corrected chi connectivity index (χ3v) is 5.99. The first-order chi connectivity index (χ1) is 15.0. The van der Waals surface area contributed by atoms with E-state index in [4.69, 9.17) is 14.2 Å². The van der Waals surface area contributed by atoms with Gasteiger partial charge in [0, 0.05) is 5.56 Å². The highest BCUT2D eigenvalue weighted by Gasteiger charge is 2.17. The van der Waals surface area contributed by atoms with Crippen molar-refractivity contribution in [2.24, 2.45) is 4.99 Å². The average Bonchev–Trinajstić information content (AvgIpc) is 3.09. The van der Waals surface area contributed by atoms with Crippen LogP contribution in [0.1, 0.15) is 42.6 Å². The Balaban J connectivity index is 1.77. The normalized spacial score (nSPS) is 13.6. The molecule has 0 bridgehead atoms. The zero-order chi connectivity index (χ0) is 22.0. The van der Waals surface area contributed by atoms with Gasteiger partial charge in [0.15, 0.2) is 16.3 Å². The van der Waals surface area contributed by atoms with Crippen LogP contribution in [0.25, 0.3) is 10.2 Å². The third kappa shape index (κ3) is 4.49. The molecule has 162 valence electrons. The van der Waals surface area contributed by atoms with Crippen molar-refractivity contribution in [3.8, 4) is 11.5 Å². The van der Waals surface area contributed by atoms with Crippen LogP contribution < -0.4 is 14.3 Å². The number of esters is 1. The second-order valence-electron chi connectivity index (χ2n) is 7.43. The number of benzene rings is 2. The molecule has 0 aliphatic carbocycles. The van der Waals surface area contributed by atoms with Gasteiger partial charge in [0.05, 0.1) is 16.8 Å². The van der Waals surface area contributed by atoms with Crippen LogP contribution in [0.5, 0.6) is 11.5 Å². The summed E-state index contributed by atoms with van der Waals surface area (Å²) < 4.78 is 18.9. The van der Waals surface area contributed by atoms with E-state index in [0.29, 0.717) is 47.6 Å². The van der Waals surface area contributed by atoms with Crippen molar-refractivity contribution >= 4 is 33.4 Å². The van der Waals surface area contributed by atoms with Crippen LogP contribution in [0, 0.1) is 0 Å². The minimum Gasteiger partial charge on any atom is -0.486 e. The molecule has 31 heavy (non-hydrogen) atoms. The summed E-state index contributed by atoms with van der Waals surface area (Å²) in [6.07, 6.45) is 0. The highest BCUT2D eigenvalue weighted by molar-refractivity contribution is 7.16. The fraction of sp³-hybridized carbons (Fsp3) is 0.348. The van der Waals surface area contributed by atoms with Gasteiger partial charge in [-0.25, -0.2) is 0 Å². The smallest absolute Gasteiger partial charge is 0.326 e. The Morgan fingerprint density at radius 2 is 1.90 bits per heavy atom. The summed E-state index contributed by atoms with van der Waals surface area (Å²) in [5.41, 5.74) is 2.42. The predicted octanol–water partition coefficient (Wildman–Crippen LogP) is 3.90. The average molecular weight is 441 g/mol. The molecule has 1 aliphatic heterocycles. The van der Waals surface area contributed by atoms with Crippen molar-refractivity contribution in [2.45, 2.75) is 33.2 Å². The van der Waals surface area contributed by atoms with Gasteiger partial charge in [-0.05, 0) is 48.7 Å². The lowest BCUT2D eigenvalue weighted by molar-refractivity contribution is -0.143. The molecule has 0 spiro atoms. The fourth-order valence-corrected chi connectivity index (χ4v) is 4.43. The highest BCUT2D eigenvalue weighted by Crippen LogP contribution is 2.31. The topological polar surface area (TPSA) is 79.1 Å². The zero-order valence-corrected chi connectivity index (χ0v) is 18.5. The summed E-state index contributed by atoms with van der Waals surface area (Å²) in [6.45, 7) is 7.22. The van der Waals surface area contributed by atoms with Gasteiger partial charge in [-0.3, -0.25) is 9.59 Å². The lowest BCUT2D eigenvalue weighted by Crippen LogP contribution is -2.23. The molecule has 0 N–H and O–H groups in total. The number of hydrogen-bond acceptors (Lipinski definition) is 6. The monoisotopic (exact) mass is 440 g/mol. The molecule has 1 amide bonds. The molecule has 3 aromatic rings. The van der Waals surface area contributed by atoms with E-state index in [0.717, 1.165) is 10.2 Å². The molecule has 0 saturated heterocycles. The molecule has 0 radical (unpaired) electrons. The Morgan fingerprint density at radius 1 is 1.13 bits per heavy atom. The maximum absolute atomic E-state index is 12.9. The highest BCUT2D eigenvalue weighted by atomic mass is 32.1. The number of nitrogens with zero attached hydrogens (tertiary/aromatic N) is 2. The molecular weight excluding hydrogens is 416 g/mol. The summed E-state index contributed by atoms with van der Waals surface area (Å²) in [5.74, 6) is 0.728. The maximum Gasteiger partial charge on any atom is 0.326 e. The van der Waals surface area contributed by atoms with Crippen molar-refractivity contribution in [1.29, 1.82) is 0 Å². The van der Waals surface area contributed by atoms with E-state index >= 15 is 0 Å². The molecule has 2 aromatic carbocycles. The van der Waals surface area contributed by atoms with Crippen LogP contribution in [0.4, 0.5) is 0 Å². The minimum atomic E-state index is -0.412. The number of aromatic nitrogens is 1. The summed E-state index contributed by atoms with van der Waals surface area (Å²) >= 11 is 1.38. The Bertz CT molecular complexity index is 1210. The molecular formula is C23H24N2O5S. The molecule has 0 unspecified atom stereocenters. The number of thiazole rings is 1. The first-order valence-corrected chi connectivity index (χ1v) is 11.1. The SMILES string of the molecule is CCOC(=O)Cn1c(=NC(=O)c2ccc3c(c2)OCCO3)sc2cc(C(C)C)ccc21. The van der Waals surface area contributed by atoms with Gasteiger partial charge >= 0.3 is 5.97 Å². The van der Waals surface area contributed by atoms with E-state index in [1.165, 1.54) is 16.9 Å². The Morgan fingerprint density at radius 3 is 2.65 bits per heavy atom. The van der Waals surface area contributed by atoms with E-state index in [2.05, 4.69) is 24.9 Å². The van der Waals surface area contributed by atoms with Crippen LogP contribution in [-0.4, -0.2) is 36.3 Å². The maximum atomic E-state index is 12.9. The van der Waals surface area contributed by atoms with Crippen molar-refractivity contribution in [3.63, 3.8) is 0 Å². The standard InChI is InChI=1S/C23H24N2O5S/c1-4-28-21(26)13-25-17-7-5-15(14(2)3)12-20(17)31-23(25)24-22(27)16-6-8-18-19(11-16)30-10-9-29-18/h5-8,11-12,14H,4,9-10,13H2,1-3H3. The summed E-state index contributed by atoms with van der Waals surface area (Å²) in [6, 6.07) is 11.1. The van der Waals surface area contributed by atoms with Crippen molar-refractivity contribution < 1.29 is 23.8 Å². The largest absolute Gasteiger partial charge is 0.486 e. The van der Waals surface area contributed by atoms with Crippen molar-refractivity contribution in [2.75, 3.05) is 19.8 Å². The molecule has 4 rings (SSSR count).